The molecular formula is C16H19F3N2O3. The van der Waals surface area contributed by atoms with E-state index in [9.17, 15) is 22.8 Å². The van der Waals surface area contributed by atoms with Crippen molar-refractivity contribution in [2.75, 3.05) is 31.2 Å². The first-order valence-electron chi connectivity index (χ1n) is 7.70. The zero-order valence-corrected chi connectivity index (χ0v) is 13.1. The van der Waals surface area contributed by atoms with Gasteiger partial charge in [0.15, 0.2) is 0 Å². The number of hydrogen-bond donors (Lipinski definition) is 1. The first-order valence-corrected chi connectivity index (χ1v) is 7.70. The van der Waals surface area contributed by atoms with Gasteiger partial charge in [-0.25, -0.2) is 0 Å². The Bertz CT molecular complexity index is 573. The smallest absolute Gasteiger partial charge is 0.370 e. The number of alkyl halides is 3. The van der Waals surface area contributed by atoms with Crippen molar-refractivity contribution in [2.45, 2.75) is 25.4 Å². The number of piperidine rings is 1. The summed E-state index contributed by atoms with van der Waals surface area (Å²) in [6.45, 7) is -0.894. The molecule has 1 saturated heterocycles. The molecule has 1 aromatic carbocycles. The number of anilines is 1. The molecule has 8 heteroatoms. The van der Waals surface area contributed by atoms with E-state index in [2.05, 4.69) is 10.1 Å². The molecule has 2 amide bonds. The number of nitrogens with one attached hydrogen (secondary N) is 1. The molecule has 0 bridgehead atoms. The number of amides is 2. The molecule has 1 N–H and O–H groups in total. The molecule has 0 aromatic heterocycles. The van der Waals surface area contributed by atoms with Crippen LogP contribution in [0.5, 0.6) is 0 Å². The minimum Gasteiger partial charge on any atom is -0.370 e. The van der Waals surface area contributed by atoms with Crippen LogP contribution in [0, 0.1) is 0 Å². The fraction of sp³-hybridized carbons (Fsp3) is 0.500. The van der Waals surface area contributed by atoms with E-state index in [0.717, 1.165) is 18.5 Å². The van der Waals surface area contributed by atoms with E-state index in [1.807, 2.05) is 0 Å². The summed E-state index contributed by atoms with van der Waals surface area (Å²) in [5.74, 6) is -0.331. The lowest BCUT2D eigenvalue weighted by Crippen LogP contribution is -2.35. The van der Waals surface area contributed by atoms with Gasteiger partial charge in [-0.15, -0.1) is 0 Å². The minimum atomic E-state index is -4.37. The molecule has 1 aromatic rings. The Hall–Kier alpha value is -2.09. The maximum absolute atomic E-state index is 11.9. The van der Waals surface area contributed by atoms with E-state index in [4.69, 9.17) is 0 Å². The van der Waals surface area contributed by atoms with Gasteiger partial charge < -0.3 is 15.0 Å². The normalized spacial score (nSPS) is 15.5. The summed E-state index contributed by atoms with van der Waals surface area (Å²) in [7, 11) is 0. The molecular weight excluding hydrogens is 325 g/mol. The maximum atomic E-state index is 11.9. The van der Waals surface area contributed by atoms with Crippen LogP contribution in [-0.2, 0) is 9.53 Å². The fourth-order valence-electron chi connectivity index (χ4n) is 2.40. The van der Waals surface area contributed by atoms with Crippen LogP contribution in [-0.4, -0.2) is 44.3 Å². The van der Waals surface area contributed by atoms with Crippen molar-refractivity contribution in [2.24, 2.45) is 0 Å². The second kappa shape index (κ2) is 8.14. The van der Waals surface area contributed by atoms with Crippen LogP contribution < -0.4 is 10.2 Å². The Labute approximate surface area is 137 Å². The predicted molar refractivity (Wildman–Crippen MR) is 81.9 cm³/mol. The van der Waals surface area contributed by atoms with Crippen LogP contribution in [0.1, 0.15) is 29.6 Å². The number of benzene rings is 1. The van der Waals surface area contributed by atoms with Gasteiger partial charge in [0.2, 0.25) is 5.91 Å². The molecule has 2 rings (SSSR count). The SMILES string of the molecule is O=C(NCCOCC(F)(F)F)c1ccc(N2CCCCC2=O)cc1. The lowest BCUT2D eigenvalue weighted by atomic mass is 10.1. The van der Waals surface area contributed by atoms with E-state index in [1.54, 1.807) is 29.2 Å². The molecule has 132 valence electrons. The van der Waals surface area contributed by atoms with Crippen LogP contribution in [0.4, 0.5) is 18.9 Å². The van der Waals surface area contributed by atoms with Crippen molar-refractivity contribution in [3.63, 3.8) is 0 Å². The van der Waals surface area contributed by atoms with Gasteiger partial charge in [0.1, 0.15) is 6.61 Å². The van der Waals surface area contributed by atoms with Gasteiger partial charge in [0.05, 0.1) is 6.61 Å². The molecule has 1 aliphatic heterocycles. The predicted octanol–water partition coefficient (Wildman–Crippen LogP) is 2.51. The average Bonchev–Trinajstić information content (AvgIpc) is 2.54. The molecule has 1 aliphatic rings. The molecule has 0 aliphatic carbocycles. The molecule has 1 fully saturated rings. The topological polar surface area (TPSA) is 58.6 Å². The number of carbonyl (C=O) groups is 2. The van der Waals surface area contributed by atoms with E-state index in [0.29, 0.717) is 18.5 Å². The molecule has 5 nitrogen and oxygen atoms in total. The standard InChI is InChI=1S/C16H19F3N2O3/c17-16(18,19)11-24-10-8-20-15(23)12-4-6-13(7-5-12)21-9-2-1-3-14(21)22/h4-7H,1-3,8-11H2,(H,20,23). The lowest BCUT2D eigenvalue weighted by Gasteiger charge is -2.26. The first-order chi connectivity index (χ1) is 11.4. The number of hydrogen-bond acceptors (Lipinski definition) is 3. The Morgan fingerprint density at radius 2 is 1.92 bits per heavy atom. The molecule has 0 spiro atoms. The minimum absolute atomic E-state index is 0.0126. The van der Waals surface area contributed by atoms with E-state index in [1.165, 1.54) is 0 Å². The largest absolute Gasteiger partial charge is 0.411 e. The molecule has 0 atom stereocenters. The van der Waals surface area contributed by atoms with Gasteiger partial charge in [0, 0.05) is 30.8 Å². The molecule has 0 radical (unpaired) electrons. The van der Waals surface area contributed by atoms with Gasteiger partial charge >= 0.3 is 6.18 Å². The number of rotatable bonds is 6. The monoisotopic (exact) mass is 344 g/mol. The van der Waals surface area contributed by atoms with Gasteiger partial charge in [-0.3, -0.25) is 9.59 Å². The molecule has 0 saturated carbocycles. The van der Waals surface area contributed by atoms with E-state index < -0.39 is 18.7 Å². The van der Waals surface area contributed by atoms with Crippen molar-refractivity contribution in [3.05, 3.63) is 29.8 Å². The van der Waals surface area contributed by atoms with Crippen molar-refractivity contribution in [1.82, 2.24) is 5.32 Å². The number of carbonyl (C=O) groups excluding carboxylic acids is 2. The highest BCUT2D eigenvalue weighted by Gasteiger charge is 2.27. The van der Waals surface area contributed by atoms with Crippen LogP contribution in [0.15, 0.2) is 24.3 Å². The Balaban J connectivity index is 1.80. The fourth-order valence-corrected chi connectivity index (χ4v) is 2.40. The maximum Gasteiger partial charge on any atom is 0.411 e. The lowest BCUT2D eigenvalue weighted by molar-refractivity contribution is -0.173. The van der Waals surface area contributed by atoms with Crippen LogP contribution in [0.3, 0.4) is 0 Å². The van der Waals surface area contributed by atoms with Crippen LogP contribution in [0.25, 0.3) is 0 Å². The van der Waals surface area contributed by atoms with Gasteiger partial charge in [-0.05, 0) is 37.1 Å². The van der Waals surface area contributed by atoms with Gasteiger partial charge in [0.25, 0.3) is 5.91 Å². The molecule has 0 unspecified atom stereocenters. The zero-order valence-electron chi connectivity index (χ0n) is 13.1. The Morgan fingerprint density at radius 1 is 1.21 bits per heavy atom. The summed E-state index contributed by atoms with van der Waals surface area (Å²) in [6.07, 6.45) is -2.00. The van der Waals surface area contributed by atoms with Crippen molar-refractivity contribution < 1.29 is 27.5 Å². The van der Waals surface area contributed by atoms with Crippen molar-refractivity contribution >= 4 is 17.5 Å². The highest BCUT2D eigenvalue weighted by molar-refractivity contribution is 5.96. The third-order valence-electron chi connectivity index (χ3n) is 3.56. The second-order valence-electron chi connectivity index (χ2n) is 5.47. The number of nitrogens with zero attached hydrogens (tertiary/aromatic N) is 1. The summed E-state index contributed by atoms with van der Waals surface area (Å²) in [4.78, 5) is 25.4. The van der Waals surface area contributed by atoms with Crippen LogP contribution >= 0.6 is 0 Å². The quantitative estimate of drug-likeness (QED) is 0.807. The van der Waals surface area contributed by atoms with Crippen molar-refractivity contribution in [3.8, 4) is 0 Å². The Kier molecular flexibility index (Phi) is 6.19. The number of ether oxygens (including phenoxy) is 1. The zero-order chi connectivity index (χ0) is 17.6. The average molecular weight is 344 g/mol. The van der Waals surface area contributed by atoms with Gasteiger partial charge in [-0.2, -0.15) is 13.2 Å². The van der Waals surface area contributed by atoms with E-state index in [-0.39, 0.29) is 19.1 Å². The first kappa shape index (κ1) is 18.3. The summed E-state index contributed by atoms with van der Waals surface area (Å²) >= 11 is 0. The molecule has 24 heavy (non-hydrogen) atoms. The summed E-state index contributed by atoms with van der Waals surface area (Å²) in [5.41, 5.74) is 1.11. The second-order valence-corrected chi connectivity index (χ2v) is 5.47. The number of halogens is 3. The summed E-state index contributed by atoms with van der Waals surface area (Å²) < 4.78 is 40.1. The molecule has 1 heterocycles. The van der Waals surface area contributed by atoms with Crippen molar-refractivity contribution in [1.29, 1.82) is 0 Å². The van der Waals surface area contributed by atoms with Gasteiger partial charge in [-0.1, -0.05) is 0 Å². The highest BCUT2D eigenvalue weighted by Crippen LogP contribution is 2.21. The summed E-state index contributed by atoms with van der Waals surface area (Å²) in [6, 6.07) is 6.56. The van der Waals surface area contributed by atoms with Crippen LogP contribution in [0.2, 0.25) is 0 Å². The third kappa shape index (κ3) is 5.52. The highest BCUT2D eigenvalue weighted by atomic mass is 19.4. The van der Waals surface area contributed by atoms with E-state index >= 15 is 0 Å². The third-order valence-corrected chi connectivity index (χ3v) is 3.56. The Morgan fingerprint density at radius 3 is 2.54 bits per heavy atom. The summed E-state index contributed by atoms with van der Waals surface area (Å²) in [5, 5.41) is 2.48.